The van der Waals surface area contributed by atoms with Crippen LogP contribution in [0.2, 0.25) is 0 Å². The van der Waals surface area contributed by atoms with E-state index >= 15 is 0 Å². The smallest absolute Gasteiger partial charge is 0.110 e. The van der Waals surface area contributed by atoms with Crippen molar-refractivity contribution in [3.8, 4) is 5.69 Å². The van der Waals surface area contributed by atoms with Gasteiger partial charge in [-0.2, -0.15) is 0 Å². The van der Waals surface area contributed by atoms with Crippen molar-refractivity contribution in [1.29, 1.82) is 0 Å². The van der Waals surface area contributed by atoms with E-state index in [-0.39, 0.29) is 6.10 Å². The number of aliphatic hydroxyl groups excluding tert-OH is 1. The minimum atomic E-state index is -0.142. The molecule has 4 heteroatoms. The molecule has 21 heavy (non-hydrogen) atoms. The molecule has 1 aliphatic carbocycles. The van der Waals surface area contributed by atoms with Gasteiger partial charge in [-0.25, -0.2) is 4.98 Å². The molecule has 1 fully saturated rings. The SMILES string of the molecule is Cc1ncc(CNC2CCCC(O)C2)n1-c1ccccc1. The van der Waals surface area contributed by atoms with Crippen LogP contribution >= 0.6 is 0 Å². The fourth-order valence-corrected chi connectivity index (χ4v) is 3.14. The molecule has 0 aliphatic heterocycles. The minimum absolute atomic E-state index is 0.142. The molecule has 0 saturated heterocycles. The Kier molecular flexibility index (Phi) is 4.36. The zero-order chi connectivity index (χ0) is 14.7. The van der Waals surface area contributed by atoms with Gasteiger partial charge < -0.3 is 10.4 Å². The molecule has 1 aromatic carbocycles. The van der Waals surface area contributed by atoms with Gasteiger partial charge in [0.25, 0.3) is 0 Å². The summed E-state index contributed by atoms with van der Waals surface area (Å²) < 4.78 is 2.19. The topological polar surface area (TPSA) is 50.1 Å². The molecule has 4 nitrogen and oxygen atoms in total. The van der Waals surface area contributed by atoms with Gasteiger partial charge in [-0.1, -0.05) is 18.2 Å². The van der Waals surface area contributed by atoms with Gasteiger partial charge in [0.15, 0.2) is 0 Å². The Morgan fingerprint density at radius 1 is 1.29 bits per heavy atom. The molecule has 0 amide bonds. The maximum Gasteiger partial charge on any atom is 0.110 e. The lowest BCUT2D eigenvalue weighted by molar-refractivity contribution is 0.111. The molecular weight excluding hydrogens is 262 g/mol. The number of aliphatic hydroxyl groups is 1. The monoisotopic (exact) mass is 285 g/mol. The number of aryl methyl sites for hydroxylation is 1. The Bertz CT molecular complexity index is 579. The second-order valence-corrected chi connectivity index (χ2v) is 5.87. The second-order valence-electron chi connectivity index (χ2n) is 5.87. The molecule has 112 valence electrons. The number of imidazole rings is 1. The average Bonchev–Trinajstić information content (AvgIpc) is 2.87. The van der Waals surface area contributed by atoms with Crippen LogP contribution in [0.15, 0.2) is 36.5 Å². The maximum atomic E-state index is 9.76. The van der Waals surface area contributed by atoms with Crippen molar-refractivity contribution < 1.29 is 5.11 Å². The third kappa shape index (κ3) is 3.34. The Hall–Kier alpha value is -1.65. The quantitative estimate of drug-likeness (QED) is 0.908. The van der Waals surface area contributed by atoms with Crippen molar-refractivity contribution in [3.63, 3.8) is 0 Å². The molecule has 0 radical (unpaired) electrons. The Labute approximate surface area is 125 Å². The van der Waals surface area contributed by atoms with Gasteiger partial charge in [0.1, 0.15) is 5.82 Å². The van der Waals surface area contributed by atoms with Crippen molar-refractivity contribution in [3.05, 3.63) is 48.0 Å². The molecule has 2 unspecified atom stereocenters. The van der Waals surface area contributed by atoms with Crippen LogP contribution in [0.1, 0.15) is 37.2 Å². The van der Waals surface area contributed by atoms with Gasteiger partial charge in [0.05, 0.1) is 18.0 Å². The second kappa shape index (κ2) is 6.41. The van der Waals surface area contributed by atoms with Crippen LogP contribution in [-0.4, -0.2) is 26.8 Å². The fourth-order valence-electron chi connectivity index (χ4n) is 3.14. The van der Waals surface area contributed by atoms with Crippen LogP contribution in [0.5, 0.6) is 0 Å². The first-order valence-electron chi connectivity index (χ1n) is 7.74. The van der Waals surface area contributed by atoms with Crippen LogP contribution < -0.4 is 5.32 Å². The Balaban J connectivity index is 1.72. The number of hydrogen-bond donors (Lipinski definition) is 2. The van der Waals surface area contributed by atoms with Crippen molar-refractivity contribution in [2.45, 2.75) is 51.3 Å². The highest BCUT2D eigenvalue weighted by atomic mass is 16.3. The molecule has 2 N–H and O–H groups in total. The highest BCUT2D eigenvalue weighted by molar-refractivity contribution is 5.35. The summed E-state index contributed by atoms with van der Waals surface area (Å²) in [5, 5.41) is 13.3. The number of nitrogens with zero attached hydrogens (tertiary/aromatic N) is 2. The lowest BCUT2D eigenvalue weighted by Crippen LogP contribution is -2.36. The standard InChI is InChI=1S/C17H23N3O/c1-13-18-11-16(20(13)15-7-3-2-4-8-15)12-19-14-6-5-9-17(21)10-14/h2-4,7-8,11,14,17,19,21H,5-6,9-10,12H2,1H3. The van der Waals surface area contributed by atoms with Crippen LogP contribution in [-0.2, 0) is 6.54 Å². The number of hydrogen-bond acceptors (Lipinski definition) is 3. The Morgan fingerprint density at radius 3 is 2.86 bits per heavy atom. The lowest BCUT2D eigenvalue weighted by atomic mass is 9.93. The highest BCUT2D eigenvalue weighted by Crippen LogP contribution is 2.19. The van der Waals surface area contributed by atoms with Crippen LogP contribution in [0, 0.1) is 6.92 Å². The van der Waals surface area contributed by atoms with E-state index in [0.717, 1.165) is 43.7 Å². The van der Waals surface area contributed by atoms with Gasteiger partial charge in [-0.15, -0.1) is 0 Å². The summed E-state index contributed by atoms with van der Waals surface area (Å²) in [5.74, 6) is 1.00. The van der Waals surface area contributed by atoms with Crippen molar-refractivity contribution in [2.24, 2.45) is 0 Å². The van der Waals surface area contributed by atoms with E-state index in [9.17, 15) is 5.11 Å². The molecule has 2 aromatic rings. The fraction of sp³-hybridized carbons (Fsp3) is 0.471. The van der Waals surface area contributed by atoms with Gasteiger partial charge in [0, 0.05) is 18.3 Å². The summed E-state index contributed by atoms with van der Waals surface area (Å²) in [6.45, 7) is 2.81. The maximum absolute atomic E-state index is 9.76. The first-order valence-corrected chi connectivity index (χ1v) is 7.74. The summed E-state index contributed by atoms with van der Waals surface area (Å²) in [7, 11) is 0. The third-order valence-corrected chi connectivity index (χ3v) is 4.24. The molecule has 0 spiro atoms. The third-order valence-electron chi connectivity index (χ3n) is 4.24. The van der Waals surface area contributed by atoms with Crippen LogP contribution in [0.4, 0.5) is 0 Å². The van der Waals surface area contributed by atoms with Gasteiger partial charge in [0.2, 0.25) is 0 Å². The molecular formula is C17H23N3O. The summed E-state index contributed by atoms with van der Waals surface area (Å²) in [6, 6.07) is 10.7. The van der Waals surface area contributed by atoms with Crippen LogP contribution in [0.25, 0.3) is 5.69 Å². The molecule has 1 aliphatic rings. The number of para-hydroxylation sites is 1. The minimum Gasteiger partial charge on any atom is -0.393 e. The lowest BCUT2D eigenvalue weighted by Gasteiger charge is -2.26. The predicted octanol–water partition coefficient (Wildman–Crippen LogP) is 2.57. The molecule has 1 saturated carbocycles. The largest absolute Gasteiger partial charge is 0.393 e. The van der Waals surface area contributed by atoms with Crippen molar-refractivity contribution in [2.75, 3.05) is 0 Å². The van der Waals surface area contributed by atoms with E-state index in [0.29, 0.717) is 6.04 Å². The number of nitrogens with one attached hydrogen (secondary N) is 1. The summed E-state index contributed by atoms with van der Waals surface area (Å²) in [4.78, 5) is 4.45. The van der Waals surface area contributed by atoms with E-state index in [1.807, 2.05) is 31.3 Å². The summed E-state index contributed by atoms with van der Waals surface area (Å²) in [5.41, 5.74) is 2.31. The molecule has 3 rings (SSSR count). The van der Waals surface area contributed by atoms with Crippen LogP contribution in [0.3, 0.4) is 0 Å². The van der Waals surface area contributed by atoms with Gasteiger partial charge in [-0.05, 0) is 44.7 Å². The molecule has 1 aromatic heterocycles. The van der Waals surface area contributed by atoms with E-state index in [4.69, 9.17) is 0 Å². The van der Waals surface area contributed by atoms with E-state index in [1.165, 1.54) is 5.69 Å². The number of aromatic nitrogens is 2. The zero-order valence-corrected chi connectivity index (χ0v) is 12.5. The van der Waals surface area contributed by atoms with Gasteiger partial charge in [-0.3, -0.25) is 4.57 Å². The first kappa shape index (κ1) is 14.3. The number of rotatable bonds is 4. The predicted molar refractivity (Wildman–Crippen MR) is 83.4 cm³/mol. The Morgan fingerprint density at radius 2 is 2.10 bits per heavy atom. The van der Waals surface area contributed by atoms with E-state index in [1.54, 1.807) is 0 Å². The van der Waals surface area contributed by atoms with Gasteiger partial charge >= 0.3 is 0 Å². The van der Waals surface area contributed by atoms with E-state index < -0.39 is 0 Å². The summed E-state index contributed by atoms with van der Waals surface area (Å²) >= 11 is 0. The number of benzene rings is 1. The van der Waals surface area contributed by atoms with E-state index in [2.05, 4.69) is 27.0 Å². The average molecular weight is 285 g/mol. The van der Waals surface area contributed by atoms with Crippen molar-refractivity contribution in [1.82, 2.24) is 14.9 Å². The van der Waals surface area contributed by atoms with Crippen molar-refractivity contribution >= 4 is 0 Å². The molecule has 1 heterocycles. The zero-order valence-electron chi connectivity index (χ0n) is 12.5. The molecule has 0 bridgehead atoms. The first-order chi connectivity index (χ1) is 10.2. The normalized spacial score (nSPS) is 22.4. The molecule has 2 atom stereocenters. The highest BCUT2D eigenvalue weighted by Gasteiger charge is 2.20. The summed E-state index contributed by atoms with van der Waals surface area (Å²) in [6.07, 6.45) is 5.86.